The number of sulfonamides is 1. The van der Waals surface area contributed by atoms with Gasteiger partial charge in [0, 0.05) is 18.2 Å². The van der Waals surface area contributed by atoms with Crippen molar-refractivity contribution < 1.29 is 13.2 Å². The predicted octanol–water partition coefficient (Wildman–Crippen LogP) is 0.928. The highest BCUT2D eigenvalue weighted by Gasteiger charge is 2.42. The summed E-state index contributed by atoms with van der Waals surface area (Å²) >= 11 is 4.94. The van der Waals surface area contributed by atoms with E-state index in [0.717, 1.165) is 4.31 Å². The molecule has 0 spiro atoms. The summed E-state index contributed by atoms with van der Waals surface area (Å²) in [6, 6.07) is 3.00. The van der Waals surface area contributed by atoms with Gasteiger partial charge in [0.2, 0.25) is 0 Å². The van der Waals surface area contributed by atoms with Crippen molar-refractivity contribution in [2.75, 3.05) is 6.54 Å². The second kappa shape index (κ2) is 4.78. The maximum absolute atomic E-state index is 12.3. The molecule has 8 heteroatoms. The van der Waals surface area contributed by atoms with Gasteiger partial charge in [0.15, 0.2) is 5.03 Å². The van der Waals surface area contributed by atoms with Gasteiger partial charge in [-0.15, -0.1) is 0 Å². The molecule has 0 saturated carbocycles. The minimum Gasteiger partial charge on any atom is -0.393 e. The van der Waals surface area contributed by atoms with Crippen molar-refractivity contribution in [2.24, 2.45) is 11.1 Å². The van der Waals surface area contributed by atoms with E-state index in [9.17, 15) is 13.2 Å². The van der Waals surface area contributed by atoms with Crippen LogP contribution in [0.2, 0.25) is 0 Å². The predicted molar refractivity (Wildman–Crippen MR) is 77.6 cm³/mol. The normalized spacial score (nSPS) is 17.1. The molecule has 2 heterocycles. The summed E-state index contributed by atoms with van der Waals surface area (Å²) < 4.78 is 25.4. The number of amides is 1. The molecule has 1 aliphatic heterocycles. The van der Waals surface area contributed by atoms with Gasteiger partial charge >= 0.3 is 0 Å². The van der Waals surface area contributed by atoms with Crippen molar-refractivity contribution in [1.29, 1.82) is 0 Å². The summed E-state index contributed by atoms with van der Waals surface area (Å²) in [6.07, 6.45) is 1.72. The number of aromatic nitrogens is 1. The minimum atomic E-state index is -3.86. The van der Waals surface area contributed by atoms with E-state index in [4.69, 9.17) is 18.0 Å². The molecule has 0 saturated heterocycles. The zero-order valence-corrected chi connectivity index (χ0v) is 12.8. The van der Waals surface area contributed by atoms with Gasteiger partial charge in [-0.1, -0.05) is 26.1 Å². The topological polar surface area (TPSA) is 93.4 Å². The smallest absolute Gasteiger partial charge is 0.285 e. The van der Waals surface area contributed by atoms with Crippen LogP contribution >= 0.6 is 12.2 Å². The van der Waals surface area contributed by atoms with E-state index in [1.165, 1.54) is 18.3 Å². The Morgan fingerprint density at radius 1 is 1.50 bits per heavy atom. The van der Waals surface area contributed by atoms with Crippen LogP contribution in [-0.4, -0.2) is 35.1 Å². The van der Waals surface area contributed by atoms with Crippen LogP contribution < -0.4 is 5.73 Å². The Labute approximate surface area is 123 Å². The molecular formula is C12H15N3O3S2. The van der Waals surface area contributed by atoms with Crippen LogP contribution in [0.15, 0.2) is 23.4 Å². The van der Waals surface area contributed by atoms with Crippen molar-refractivity contribution in [3.05, 3.63) is 23.9 Å². The Hall–Kier alpha value is -1.54. The summed E-state index contributed by atoms with van der Waals surface area (Å²) in [5.74, 6) is -0.549. The second-order valence-electron chi connectivity index (χ2n) is 5.24. The number of pyridine rings is 1. The maximum Gasteiger partial charge on any atom is 0.285 e. The molecule has 1 aliphatic rings. The lowest BCUT2D eigenvalue weighted by molar-refractivity contribution is 0.0865. The van der Waals surface area contributed by atoms with Gasteiger partial charge in [-0.05, 0) is 18.6 Å². The fourth-order valence-electron chi connectivity index (χ4n) is 1.83. The first-order chi connectivity index (χ1) is 9.18. The van der Waals surface area contributed by atoms with Crippen LogP contribution in [0.25, 0.3) is 0 Å². The van der Waals surface area contributed by atoms with Crippen LogP contribution in [0.1, 0.15) is 30.6 Å². The molecule has 0 aliphatic carbocycles. The standard InChI is InChI=1S/C12H15N3O3S2/c1-12(2,11(13)19)5-7-15-10(16)8-4-3-6-14-9(8)20(15,17)18/h3-4,6H,5,7H2,1-2H3,(H2,13,19). The zero-order valence-electron chi connectivity index (χ0n) is 11.2. The molecule has 108 valence electrons. The van der Waals surface area contributed by atoms with Gasteiger partial charge in [-0.25, -0.2) is 9.29 Å². The molecule has 0 bridgehead atoms. The van der Waals surface area contributed by atoms with E-state index in [1.54, 1.807) is 0 Å². The Morgan fingerprint density at radius 2 is 2.15 bits per heavy atom. The third kappa shape index (κ3) is 2.29. The van der Waals surface area contributed by atoms with E-state index in [1.807, 2.05) is 13.8 Å². The van der Waals surface area contributed by atoms with E-state index in [0.29, 0.717) is 6.42 Å². The first kappa shape index (κ1) is 14.9. The largest absolute Gasteiger partial charge is 0.393 e. The lowest BCUT2D eigenvalue weighted by Crippen LogP contribution is -2.37. The lowest BCUT2D eigenvalue weighted by Gasteiger charge is -2.25. The fraction of sp³-hybridized carbons (Fsp3) is 0.417. The van der Waals surface area contributed by atoms with Gasteiger partial charge in [-0.3, -0.25) is 4.79 Å². The minimum absolute atomic E-state index is 0.0296. The highest BCUT2D eigenvalue weighted by atomic mass is 32.2. The average molecular weight is 313 g/mol. The van der Waals surface area contributed by atoms with Gasteiger partial charge < -0.3 is 5.73 Å². The molecule has 1 aromatic heterocycles. The molecule has 0 atom stereocenters. The molecule has 0 unspecified atom stereocenters. The summed E-state index contributed by atoms with van der Waals surface area (Å²) in [5, 5.41) is -0.182. The molecular weight excluding hydrogens is 298 g/mol. The first-order valence-electron chi connectivity index (χ1n) is 6.00. The van der Waals surface area contributed by atoms with Crippen LogP contribution in [0.3, 0.4) is 0 Å². The third-order valence-corrected chi connectivity index (χ3v) is 5.66. The Balaban J connectivity index is 2.29. The van der Waals surface area contributed by atoms with Crippen LogP contribution in [-0.2, 0) is 10.0 Å². The van der Waals surface area contributed by atoms with Gasteiger partial charge in [0.25, 0.3) is 15.9 Å². The summed E-state index contributed by atoms with van der Waals surface area (Å²) in [5.41, 5.74) is 5.20. The molecule has 0 fully saturated rings. The van der Waals surface area contributed by atoms with Crippen LogP contribution in [0.4, 0.5) is 0 Å². The molecule has 2 rings (SSSR count). The average Bonchev–Trinajstić information content (AvgIpc) is 2.56. The number of nitrogens with zero attached hydrogens (tertiary/aromatic N) is 2. The molecule has 0 radical (unpaired) electrons. The lowest BCUT2D eigenvalue weighted by atomic mass is 9.89. The van der Waals surface area contributed by atoms with E-state index < -0.39 is 21.3 Å². The van der Waals surface area contributed by atoms with Crippen molar-refractivity contribution in [1.82, 2.24) is 9.29 Å². The number of nitrogens with two attached hydrogens (primary N) is 1. The van der Waals surface area contributed by atoms with Gasteiger partial charge in [0.05, 0.1) is 10.6 Å². The maximum atomic E-state index is 12.3. The molecule has 6 nitrogen and oxygen atoms in total. The third-order valence-electron chi connectivity index (χ3n) is 3.37. The highest BCUT2D eigenvalue weighted by Crippen LogP contribution is 2.30. The van der Waals surface area contributed by atoms with Gasteiger partial charge in [-0.2, -0.15) is 8.42 Å². The molecule has 1 amide bonds. The molecule has 20 heavy (non-hydrogen) atoms. The Kier molecular flexibility index (Phi) is 3.55. The Bertz CT molecular complexity index is 683. The first-order valence-corrected chi connectivity index (χ1v) is 7.85. The van der Waals surface area contributed by atoms with E-state index >= 15 is 0 Å². The number of fused-ring (bicyclic) bond motifs is 1. The van der Waals surface area contributed by atoms with E-state index in [2.05, 4.69) is 4.98 Å². The summed E-state index contributed by atoms with van der Waals surface area (Å²) in [7, 11) is -3.86. The van der Waals surface area contributed by atoms with Crippen LogP contribution in [0, 0.1) is 5.41 Å². The van der Waals surface area contributed by atoms with Crippen molar-refractivity contribution in [3.63, 3.8) is 0 Å². The summed E-state index contributed by atoms with van der Waals surface area (Å²) in [4.78, 5) is 16.2. The van der Waals surface area contributed by atoms with E-state index in [-0.39, 0.29) is 22.1 Å². The highest BCUT2D eigenvalue weighted by molar-refractivity contribution is 7.90. The quantitative estimate of drug-likeness (QED) is 0.831. The zero-order chi connectivity index (χ0) is 15.1. The number of hydrogen-bond donors (Lipinski definition) is 1. The molecule has 0 aromatic carbocycles. The van der Waals surface area contributed by atoms with Crippen LogP contribution in [0.5, 0.6) is 0 Å². The molecule has 2 N–H and O–H groups in total. The SMILES string of the molecule is CC(C)(CCN1C(=O)c2cccnc2S1(=O)=O)C(N)=S. The number of thiocarbonyl (C=S) groups is 1. The van der Waals surface area contributed by atoms with Crippen molar-refractivity contribution in [2.45, 2.75) is 25.3 Å². The number of rotatable bonds is 4. The fourth-order valence-corrected chi connectivity index (χ4v) is 3.42. The van der Waals surface area contributed by atoms with Gasteiger partial charge in [0.1, 0.15) is 0 Å². The molecule has 1 aromatic rings. The number of hydrogen-bond acceptors (Lipinski definition) is 5. The Morgan fingerprint density at radius 3 is 2.70 bits per heavy atom. The second-order valence-corrected chi connectivity index (χ2v) is 7.45. The monoisotopic (exact) mass is 313 g/mol. The number of carbonyl (C=O) groups is 1. The van der Waals surface area contributed by atoms with Crippen molar-refractivity contribution >= 4 is 33.1 Å². The number of carbonyl (C=O) groups excluding carboxylic acids is 1. The van der Waals surface area contributed by atoms with Crippen molar-refractivity contribution in [3.8, 4) is 0 Å². The summed E-state index contributed by atoms with van der Waals surface area (Å²) in [6.45, 7) is 3.66.